The topological polar surface area (TPSA) is 75.6 Å². The highest BCUT2D eigenvalue weighted by Crippen LogP contribution is 2.20. The molecular formula is C14H23NO4S2. The first-order valence-corrected chi connectivity index (χ1v) is 9.86. The summed E-state index contributed by atoms with van der Waals surface area (Å²) >= 11 is 0. The van der Waals surface area contributed by atoms with E-state index in [9.17, 15) is 8.42 Å². The molecule has 1 aromatic rings. The lowest BCUT2D eigenvalue weighted by atomic mass is 10.1. The summed E-state index contributed by atoms with van der Waals surface area (Å²) in [5, 5.41) is 3.13. The summed E-state index contributed by atoms with van der Waals surface area (Å²) in [6.07, 6.45) is 1.90. The summed E-state index contributed by atoms with van der Waals surface area (Å²) in [5.74, 6) is 1.28. The number of hydrogen-bond acceptors (Lipinski definition) is 5. The second kappa shape index (κ2) is 9.30. The highest BCUT2D eigenvalue weighted by atomic mass is 33.1. The third-order valence-corrected chi connectivity index (χ3v) is 5.13. The number of benzene rings is 1. The maximum atomic E-state index is 10.5. The molecule has 7 heteroatoms. The minimum Gasteiger partial charge on any atom is -0.493 e. The lowest BCUT2D eigenvalue weighted by Crippen LogP contribution is -2.19. The third-order valence-electron chi connectivity index (χ3n) is 3.07. The Kier molecular flexibility index (Phi) is 8.10. The van der Waals surface area contributed by atoms with Crippen LogP contribution < -0.4 is 10.1 Å². The van der Waals surface area contributed by atoms with Gasteiger partial charge in [0, 0.05) is 12.3 Å². The summed E-state index contributed by atoms with van der Waals surface area (Å²) < 4.78 is 35.2. The average molecular weight is 333 g/mol. The fourth-order valence-corrected chi connectivity index (χ4v) is 3.08. The van der Waals surface area contributed by atoms with Gasteiger partial charge in [0.15, 0.2) is 0 Å². The molecule has 1 rings (SSSR count). The van der Waals surface area contributed by atoms with Crippen LogP contribution in [-0.2, 0) is 9.15 Å². The fourth-order valence-electron chi connectivity index (χ4n) is 1.76. The van der Waals surface area contributed by atoms with Gasteiger partial charge in [-0.1, -0.05) is 12.1 Å². The Balaban J connectivity index is 2.04. The zero-order valence-electron chi connectivity index (χ0n) is 12.5. The van der Waals surface area contributed by atoms with Gasteiger partial charge < -0.3 is 10.1 Å². The molecule has 1 aromatic carbocycles. The second-order valence-corrected chi connectivity index (χ2v) is 8.22. The first kappa shape index (κ1) is 18.3. The van der Waals surface area contributed by atoms with E-state index < -0.39 is 9.15 Å². The van der Waals surface area contributed by atoms with Gasteiger partial charge in [0.2, 0.25) is 0 Å². The van der Waals surface area contributed by atoms with Crippen LogP contribution in [0.3, 0.4) is 0 Å². The first-order valence-electron chi connectivity index (χ1n) is 6.92. The maximum absolute atomic E-state index is 10.5. The van der Waals surface area contributed by atoms with Crippen LogP contribution in [0.1, 0.15) is 24.0 Å². The fraction of sp³-hybridized carbons (Fsp3) is 0.571. The SMILES string of the molecule is Cc1cccc(OCCCCNCCSS(=O)(=O)O)c1C. The van der Waals surface area contributed by atoms with Crippen molar-refractivity contribution in [2.24, 2.45) is 0 Å². The average Bonchev–Trinajstić information content (AvgIpc) is 2.40. The third kappa shape index (κ3) is 8.31. The van der Waals surface area contributed by atoms with Crippen molar-refractivity contribution in [3.63, 3.8) is 0 Å². The number of nitrogens with one attached hydrogen (secondary N) is 1. The van der Waals surface area contributed by atoms with Crippen molar-refractivity contribution in [1.82, 2.24) is 5.32 Å². The van der Waals surface area contributed by atoms with Crippen LogP contribution in [0, 0.1) is 13.8 Å². The molecule has 0 fully saturated rings. The lowest BCUT2D eigenvalue weighted by molar-refractivity contribution is 0.304. The van der Waals surface area contributed by atoms with Crippen LogP contribution >= 0.6 is 10.8 Å². The predicted octanol–water partition coefficient (Wildman–Crippen LogP) is 2.59. The van der Waals surface area contributed by atoms with Gasteiger partial charge in [0.25, 0.3) is 0 Å². The number of unbranched alkanes of at least 4 members (excludes halogenated alkanes) is 1. The van der Waals surface area contributed by atoms with Crippen molar-refractivity contribution in [2.75, 3.05) is 25.4 Å². The Morgan fingerprint density at radius 2 is 2.00 bits per heavy atom. The van der Waals surface area contributed by atoms with E-state index in [2.05, 4.69) is 25.2 Å². The van der Waals surface area contributed by atoms with E-state index in [0.29, 0.717) is 29.7 Å². The largest absolute Gasteiger partial charge is 0.493 e. The Labute approximate surface area is 130 Å². The zero-order valence-corrected chi connectivity index (χ0v) is 14.1. The molecule has 0 saturated carbocycles. The Morgan fingerprint density at radius 1 is 1.24 bits per heavy atom. The Morgan fingerprint density at radius 3 is 2.71 bits per heavy atom. The molecule has 120 valence electrons. The molecule has 21 heavy (non-hydrogen) atoms. The van der Waals surface area contributed by atoms with E-state index >= 15 is 0 Å². The standard InChI is InChI=1S/C14H23NO4S2/c1-12-6-5-7-14(13(12)2)19-10-4-3-8-15-9-11-20-21(16,17)18/h5-7,15H,3-4,8-11H2,1-2H3,(H,16,17,18). The molecule has 0 bridgehead atoms. The van der Waals surface area contributed by atoms with Crippen LogP contribution in [0.25, 0.3) is 0 Å². The number of ether oxygens (including phenoxy) is 1. The van der Waals surface area contributed by atoms with E-state index in [1.54, 1.807) is 0 Å². The zero-order chi connectivity index (χ0) is 15.7. The summed E-state index contributed by atoms with van der Waals surface area (Å²) in [7, 11) is -3.36. The Hall–Kier alpha value is -0.760. The van der Waals surface area contributed by atoms with E-state index in [0.717, 1.165) is 25.1 Å². The number of hydrogen-bond donors (Lipinski definition) is 2. The van der Waals surface area contributed by atoms with Crippen molar-refractivity contribution in [3.05, 3.63) is 29.3 Å². The van der Waals surface area contributed by atoms with E-state index in [1.807, 2.05) is 12.1 Å². The smallest absolute Gasteiger partial charge is 0.319 e. The number of rotatable bonds is 10. The van der Waals surface area contributed by atoms with Crippen molar-refractivity contribution >= 4 is 19.9 Å². The van der Waals surface area contributed by atoms with Crippen molar-refractivity contribution < 1.29 is 17.7 Å². The maximum Gasteiger partial charge on any atom is 0.319 e. The summed E-state index contributed by atoms with van der Waals surface area (Å²) in [6.45, 7) is 6.16. The number of aryl methyl sites for hydroxylation is 1. The van der Waals surface area contributed by atoms with Gasteiger partial charge in [-0.2, -0.15) is 8.42 Å². The van der Waals surface area contributed by atoms with Crippen LogP contribution in [0.15, 0.2) is 18.2 Å². The molecule has 0 unspecified atom stereocenters. The molecule has 0 aromatic heterocycles. The molecule has 0 aliphatic rings. The monoisotopic (exact) mass is 333 g/mol. The van der Waals surface area contributed by atoms with Crippen molar-refractivity contribution in [1.29, 1.82) is 0 Å². The lowest BCUT2D eigenvalue weighted by Gasteiger charge is -2.10. The van der Waals surface area contributed by atoms with Gasteiger partial charge in [0.1, 0.15) is 5.75 Å². The van der Waals surface area contributed by atoms with Crippen LogP contribution in [0.5, 0.6) is 5.75 Å². The molecule has 0 saturated heterocycles. The van der Waals surface area contributed by atoms with Crippen molar-refractivity contribution in [2.45, 2.75) is 26.7 Å². The molecule has 0 amide bonds. The van der Waals surface area contributed by atoms with Crippen LogP contribution in [0.4, 0.5) is 0 Å². The van der Waals surface area contributed by atoms with Crippen LogP contribution in [0.2, 0.25) is 0 Å². The Bertz CT molecular complexity index is 532. The molecule has 2 N–H and O–H groups in total. The van der Waals surface area contributed by atoms with Gasteiger partial charge in [0.05, 0.1) is 6.61 Å². The second-order valence-electron chi connectivity index (χ2n) is 4.75. The highest BCUT2D eigenvalue weighted by Gasteiger charge is 2.03. The molecule has 5 nitrogen and oxygen atoms in total. The van der Waals surface area contributed by atoms with Gasteiger partial charge in [-0.25, -0.2) is 0 Å². The molecule has 0 aliphatic carbocycles. The van der Waals surface area contributed by atoms with Gasteiger partial charge in [-0.3, -0.25) is 4.55 Å². The summed E-state index contributed by atoms with van der Waals surface area (Å²) in [4.78, 5) is 0. The van der Waals surface area contributed by atoms with Gasteiger partial charge in [-0.05, 0) is 61.2 Å². The first-order chi connectivity index (χ1) is 9.90. The molecule has 0 heterocycles. The highest BCUT2D eigenvalue weighted by molar-refractivity contribution is 8.69. The van der Waals surface area contributed by atoms with E-state index in [4.69, 9.17) is 9.29 Å². The predicted molar refractivity (Wildman–Crippen MR) is 87.5 cm³/mol. The normalized spacial score (nSPS) is 11.6. The molecule has 0 spiro atoms. The summed E-state index contributed by atoms with van der Waals surface area (Å²) in [6, 6.07) is 6.04. The minimum absolute atomic E-state index is 0.345. The van der Waals surface area contributed by atoms with Gasteiger partial charge in [-0.15, -0.1) is 0 Å². The van der Waals surface area contributed by atoms with Gasteiger partial charge >= 0.3 is 9.15 Å². The van der Waals surface area contributed by atoms with Crippen molar-refractivity contribution in [3.8, 4) is 5.75 Å². The summed E-state index contributed by atoms with van der Waals surface area (Å²) in [5.41, 5.74) is 2.41. The molecule has 0 aliphatic heterocycles. The van der Waals surface area contributed by atoms with E-state index in [-0.39, 0.29) is 0 Å². The van der Waals surface area contributed by atoms with E-state index in [1.165, 1.54) is 11.1 Å². The molecule has 0 radical (unpaired) electrons. The molecule has 0 atom stereocenters. The quantitative estimate of drug-likeness (QED) is 0.389. The molecular weight excluding hydrogens is 310 g/mol. The minimum atomic E-state index is -3.91. The van der Waals surface area contributed by atoms with Crippen LogP contribution in [-0.4, -0.2) is 38.4 Å².